The third-order valence-electron chi connectivity index (χ3n) is 6.37. The van der Waals surface area contributed by atoms with Crippen LogP contribution >= 0.6 is 0 Å². The first-order valence-electron chi connectivity index (χ1n) is 11.5. The van der Waals surface area contributed by atoms with Gasteiger partial charge in [-0.3, -0.25) is 4.79 Å². The Morgan fingerprint density at radius 1 is 1.15 bits per heavy atom. The lowest BCUT2D eigenvalue weighted by Gasteiger charge is -2.29. The minimum absolute atomic E-state index is 0.0341. The molecule has 2 aliphatic heterocycles. The van der Waals surface area contributed by atoms with Crippen LogP contribution in [0.3, 0.4) is 0 Å². The van der Waals surface area contributed by atoms with E-state index in [1.165, 1.54) is 0 Å². The van der Waals surface area contributed by atoms with Crippen LogP contribution in [0.1, 0.15) is 34.9 Å². The zero-order chi connectivity index (χ0) is 23.5. The van der Waals surface area contributed by atoms with Gasteiger partial charge in [0.05, 0.1) is 32.1 Å². The number of hydrogen-bond acceptors (Lipinski definition) is 8. The highest BCUT2D eigenvalue weighted by Gasteiger charge is 2.34. The molecule has 176 valence electrons. The summed E-state index contributed by atoms with van der Waals surface area (Å²) in [5.41, 5.74) is 9.14. The van der Waals surface area contributed by atoms with Gasteiger partial charge in [-0.05, 0) is 42.7 Å². The number of aromatic nitrogens is 3. The molecule has 5 rings (SSSR count). The number of nitrogens with zero attached hydrogens (tertiary/aromatic N) is 5. The molecule has 1 unspecified atom stereocenters. The number of amides is 1. The quantitative estimate of drug-likeness (QED) is 0.619. The zero-order valence-corrected chi connectivity index (χ0v) is 19.2. The molecule has 2 fully saturated rings. The molecule has 1 amide bonds. The van der Waals surface area contributed by atoms with Crippen LogP contribution in [0.4, 0.5) is 11.8 Å². The topological polar surface area (TPSA) is 107 Å². The molecule has 4 heterocycles. The first-order valence-corrected chi connectivity index (χ1v) is 11.5. The smallest absolute Gasteiger partial charge is 0.254 e. The van der Waals surface area contributed by atoms with Crippen molar-refractivity contribution in [2.45, 2.75) is 18.9 Å². The van der Waals surface area contributed by atoms with E-state index in [-0.39, 0.29) is 17.9 Å². The van der Waals surface area contributed by atoms with Crippen LogP contribution in [0.2, 0.25) is 0 Å². The molecule has 2 aliphatic rings. The van der Waals surface area contributed by atoms with Crippen molar-refractivity contribution in [3.63, 3.8) is 0 Å². The van der Waals surface area contributed by atoms with E-state index >= 15 is 0 Å². The van der Waals surface area contributed by atoms with E-state index in [2.05, 4.69) is 19.9 Å². The Labute approximate surface area is 198 Å². The molecule has 34 heavy (non-hydrogen) atoms. The molecule has 2 N–H and O–H groups in total. The average molecular weight is 461 g/mol. The fourth-order valence-electron chi connectivity index (χ4n) is 4.65. The second-order valence-electron chi connectivity index (χ2n) is 8.42. The second kappa shape index (κ2) is 9.64. The first kappa shape index (κ1) is 22.1. The molecule has 9 heteroatoms. The second-order valence-corrected chi connectivity index (χ2v) is 8.42. The van der Waals surface area contributed by atoms with E-state index in [1.54, 1.807) is 25.6 Å². The number of hydrogen-bond donors (Lipinski definition) is 1. The van der Waals surface area contributed by atoms with Crippen molar-refractivity contribution in [2.75, 3.05) is 50.6 Å². The molecule has 9 nitrogen and oxygen atoms in total. The predicted octanol–water partition coefficient (Wildman–Crippen LogP) is 2.94. The van der Waals surface area contributed by atoms with Gasteiger partial charge in [0, 0.05) is 43.2 Å². The Balaban J connectivity index is 1.47. The number of carbonyl (C=O) groups is 1. The van der Waals surface area contributed by atoms with Gasteiger partial charge in [-0.1, -0.05) is 12.1 Å². The maximum Gasteiger partial charge on any atom is 0.254 e. The maximum absolute atomic E-state index is 13.7. The summed E-state index contributed by atoms with van der Waals surface area (Å²) in [6.07, 6.45) is 5.13. The van der Waals surface area contributed by atoms with Crippen LogP contribution in [-0.2, 0) is 4.74 Å². The van der Waals surface area contributed by atoms with Crippen molar-refractivity contribution in [1.82, 2.24) is 19.9 Å². The summed E-state index contributed by atoms with van der Waals surface area (Å²) in [5, 5.41) is 0. The number of benzene rings is 1. The Hall–Kier alpha value is -3.72. The van der Waals surface area contributed by atoms with Crippen molar-refractivity contribution >= 4 is 17.7 Å². The number of anilines is 2. The van der Waals surface area contributed by atoms with Crippen molar-refractivity contribution < 1.29 is 14.3 Å². The van der Waals surface area contributed by atoms with E-state index in [0.29, 0.717) is 25.3 Å². The number of morpholine rings is 1. The van der Waals surface area contributed by atoms with Gasteiger partial charge in [-0.15, -0.1) is 0 Å². The lowest BCUT2D eigenvalue weighted by atomic mass is 9.99. The van der Waals surface area contributed by atoms with Crippen molar-refractivity contribution in [3.8, 4) is 16.9 Å². The molecular weight excluding hydrogens is 432 g/mol. The van der Waals surface area contributed by atoms with E-state index in [4.69, 9.17) is 15.2 Å². The monoisotopic (exact) mass is 460 g/mol. The van der Waals surface area contributed by atoms with Gasteiger partial charge in [0.1, 0.15) is 11.6 Å². The Kier molecular flexibility index (Phi) is 6.27. The average Bonchev–Trinajstić information content (AvgIpc) is 3.39. The molecule has 3 aromatic rings. The van der Waals surface area contributed by atoms with Gasteiger partial charge in [-0.25, -0.2) is 15.0 Å². The summed E-state index contributed by atoms with van der Waals surface area (Å²) in [7, 11) is 1.64. The Morgan fingerprint density at radius 3 is 2.82 bits per heavy atom. The highest BCUT2D eigenvalue weighted by molar-refractivity contribution is 5.95. The minimum Gasteiger partial charge on any atom is -0.497 e. The number of likely N-dealkylation sites (tertiary alicyclic amines) is 1. The van der Waals surface area contributed by atoms with Gasteiger partial charge in [0.15, 0.2) is 0 Å². The Bertz CT molecular complexity index is 1180. The lowest BCUT2D eigenvalue weighted by Crippen LogP contribution is -2.37. The molecule has 0 bridgehead atoms. The molecule has 1 atom stereocenters. The van der Waals surface area contributed by atoms with Crippen LogP contribution in [0, 0.1) is 0 Å². The van der Waals surface area contributed by atoms with Crippen molar-refractivity contribution in [2.24, 2.45) is 0 Å². The summed E-state index contributed by atoms with van der Waals surface area (Å²) in [5.74, 6) is 1.70. The number of nitrogens with two attached hydrogens (primary N) is 1. The SMILES string of the molecule is COc1cccc(-c2cnc(N)nc2C2CCCN2C(=O)c2ccnc(N3CCOCC3)c2)c1. The maximum atomic E-state index is 13.7. The van der Waals surface area contributed by atoms with Gasteiger partial charge >= 0.3 is 0 Å². The molecule has 2 saturated heterocycles. The molecule has 0 radical (unpaired) electrons. The van der Waals surface area contributed by atoms with Crippen LogP contribution in [0.5, 0.6) is 5.75 Å². The third-order valence-corrected chi connectivity index (χ3v) is 6.37. The van der Waals surface area contributed by atoms with Crippen LogP contribution in [-0.4, -0.2) is 65.7 Å². The van der Waals surface area contributed by atoms with Crippen LogP contribution in [0.15, 0.2) is 48.8 Å². The minimum atomic E-state index is -0.195. The highest BCUT2D eigenvalue weighted by Crippen LogP contribution is 2.38. The number of carbonyl (C=O) groups excluding carboxylic acids is 1. The van der Waals surface area contributed by atoms with Gasteiger partial charge in [0.25, 0.3) is 5.91 Å². The van der Waals surface area contributed by atoms with Gasteiger partial charge in [0.2, 0.25) is 5.95 Å². The largest absolute Gasteiger partial charge is 0.497 e. The predicted molar refractivity (Wildman–Crippen MR) is 129 cm³/mol. The number of methoxy groups -OCH3 is 1. The normalized spacial score (nSPS) is 18.2. The first-order chi connectivity index (χ1) is 16.6. The van der Waals surface area contributed by atoms with Crippen LogP contribution in [0.25, 0.3) is 11.1 Å². The number of pyridine rings is 1. The lowest BCUT2D eigenvalue weighted by molar-refractivity contribution is 0.0733. The Morgan fingerprint density at radius 2 is 2.00 bits per heavy atom. The van der Waals surface area contributed by atoms with Crippen LogP contribution < -0.4 is 15.4 Å². The zero-order valence-electron chi connectivity index (χ0n) is 19.2. The number of ether oxygens (including phenoxy) is 2. The molecule has 0 spiro atoms. The molecular formula is C25H28N6O3. The fourth-order valence-corrected chi connectivity index (χ4v) is 4.65. The molecule has 2 aromatic heterocycles. The highest BCUT2D eigenvalue weighted by atomic mass is 16.5. The summed E-state index contributed by atoms with van der Waals surface area (Å²) >= 11 is 0. The molecule has 1 aromatic carbocycles. The fraction of sp³-hybridized carbons (Fsp3) is 0.360. The summed E-state index contributed by atoms with van der Waals surface area (Å²) in [6.45, 7) is 3.51. The van der Waals surface area contributed by atoms with E-state index in [0.717, 1.165) is 54.3 Å². The summed E-state index contributed by atoms with van der Waals surface area (Å²) in [6, 6.07) is 11.2. The molecule has 0 aliphatic carbocycles. The van der Waals surface area contributed by atoms with E-state index < -0.39 is 0 Å². The number of rotatable bonds is 5. The standard InChI is InChI=1S/C25H28N6O3/c1-33-19-5-2-4-17(14-19)20-16-28-25(26)29-23(20)21-6-3-9-31(21)24(32)18-7-8-27-22(15-18)30-10-12-34-13-11-30/h2,4-5,7-8,14-16,21H,3,6,9-13H2,1H3,(H2,26,28,29). The van der Waals surface area contributed by atoms with Gasteiger partial charge in [-0.2, -0.15) is 0 Å². The molecule has 0 saturated carbocycles. The summed E-state index contributed by atoms with van der Waals surface area (Å²) in [4.78, 5) is 31.0. The van der Waals surface area contributed by atoms with E-state index in [1.807, 2.05) is 35.2 Å². The van der Waals surface area contributed by atoms with E-state index in [9.17, 15) is 4.79 Å². The van der Waals surface area contributed by atoms with Gasteiger partial charge < -0.3 is 25.0 Å². The number of nitrogen functional groups attached to an aromatic ring is 1. The third kappa shape index (κ3) is 4.38. The van der Waals surface area contributed by atoms with Crippen molar-refractivity contribution in [1.29, 1.82) is 0 Å². The van der Waals surface area contributed by atoms with Crippen molar-refractivity contribution in [3.05, 3.63) is 60.0 Å². The summed E-state index contributed by atoms with van der Waals surface area (Å²) < 4.78 is 10.8.